The van der Waals surface area contributed by atoms with Crippen LogP contribution in [0.25, 0.3) is 20.4 Å². The summed E-state index contributed by atoms with van der Waals surface area (Å²) < 4.78 is 34.8. The summed E-state index contributed by atoms with van der Waals surface area (Å²) in [6, 6.07) is 3.64. The van der Waals surface area contributed by atoms with E-state index in [0.29, 0.717) is 37.7 Å². The normalized spacial score (nSPS) is 12.1. The van der Waals surface area contributed by atoms with Crippen molar-refractivity contribution in [1.82, 2.24) is 20.2 Å². The molecule has 0 spiro atoms. The van der Waals surface area contributed by atoms with Gasteiger partial charge in [-0.05, 0) is 169 Å². The summed E-state index contributed by atoms with van der Waals surface area (Å²) in [4.78, 5) is 82.6. The van der Waals surface area contributed by atoms with Crippen molar-refractivity contribution in [2.24, 2.45) is 0 Å². The predicted molar refractivity (Wildman–Crippen MR) is 271 cm³/mol. The van der Waals surface area contributed by atoms with Crippen LogP contribution in [0.4, 0.5) is 19.2 Å². The maximum Gasteiger partial charge on any atom is 0.420 e. The van der Waals surface area contributed by atoms with Crippen molar-refractivity contribution in [2.45, 2.75) is 170 Å². The summed E-state index contributed by atoms with van der Waals surface area (Å²) in [6.45, 7) is 31.2. The average molecular weight is 1170 g/mol. The molecule has 4 amide bonds. The number of hydrogen-bond acceptors (Lipinski definition) is 16. The number of esters is 2. The first kappa shape index (κ1) is 59.2. The third-order valence-electron chi connectivity index (χ3n) is 6.99. The highest BCUT2D eigenvalue weighted by Crippen LogP contribution is 2.35. The molecule has 0 bridgehead atoms. The molecule has 4 aromatic heterocycles. The zero-order chi connectivity index (χ0) is 51.8. The number of imide groups is 2. The van der Waals surface area contributed by atoms with Gasteiger partial charge in [-0.2, -0.15) is 0 Å². The molecule has 372 valence electrons. The molecular formula is C46H63Br3N4O12S2. The van der Waals surface area contributed by atoms with Crippen LogP contribution in [0.2, 0.25) is 0 Å². The Morgan fingerprint density at radius 2 is 0.836 bits per heavy atom. The molecule has 0 aliphatic carbocycles. The van der Waals surface area contributed by atoms with Crippen LogP contribution in [-0.2, 0) is 40.3 Å². The second kappa shape index (κ2) is 23.1. The lowest BCUT2D eigenvalue weighted by molar-refractivity contribution is -0.00116. The second-order valence-corrected chi connectivity index (χ2v) is 24.7. The quantitative estimate of drug-likeness (QED) is 0.112. The summed E-state index contributed by atoms with van der Waals surface area (Å²) in [6.07, 6.45) is -3.33. The summed E-state index contributed by atoms with van der Waals surface area (Å²) in [5, 5.41) is 6.10. The van der Waals surface area contributed by atoms with Crippen LogP contribution in [0.3, 0.4) is 0 Å². The maximum absolute atomic E-state index is 12.8. The minimum Gasteiger partial charge on any atom is -0.456 e. The van der Waals surface area contributed by atoms with E-state index in [-0.39, 0.29) is 12.5 Å². The number of aromatic nitrogens is 2. The van der Waals surface area contributed by atoms with Gasteiger partial charge < -0.3 is 28.4 Å². The van der Waals surface area contributed by atoms with Crippen molar-refractivity contribution in [3.05, 3.63) is 54.4 Å². The van der Waals surface area contributed by atoms with Crippen LogP contribution < -0.4 is 5.32 Å². The van der Waals surface area contributed by atoms with Crippen LogP contribution in [0.15, 0.2) is 31.8 Å². The van der Waals surface area contributed by atoms with E-state index in [4.69, 9.17) is 28.4 Å². The summed E-state index contributed by atoms with van der Waals surface area (Å²) in [7, 11) is 0. The fourth-order valence-corrected chi connectivity index (χ4v) is 8.35. The number of hydrogen-bond donors (Lipinski definition) is 1. The Labute approximate surface area is 426 Å². The summed E-state index contributed by atoms with van der Waals surface area (Å²) >= 11 is 13.2. The van der Waals surface area contributed by atoms with E-state index >= 15 is 0 Å². The van der Waals surface area contributed by atoms with Gasteiger partial charge in [0.2, 0.25) is 0 Å². The average Bonchev–Trinajstić information content (AvgIpc) is 3.72. The number of alkyl halides is 1. The van der Waals surface area contributed by atoms with Crippen LogP contribution >= 0.6 is 70.5 Å². The largest absolute Gasteiger partial charge is 0.456 e. The molecule has 0 aliphatic heterocycles. The molecule has 4 heterocycles. The Hall–Kier alpha value is -3.92. The molecule has 0 fully saturated rings. The van der Waals surface area contributed by atoms with Gasteiger partial charge in [0.15, 0.2) is 0 Å². The third-order valence-corrected chi connectivity index (χ3v) is 11.3. The minimum atomic E-state index is -0.854. The highest BCUT2D eigenvalue weighted by atomic mass is 79.9. The van der Waals surface area contributed by atoms with Gasteiger partial charge >= 0.3 is 36.3 Å². The van der Waals surface area contributed by atoms with Crippen molar-refractivity contribution in [3.63, 3.8) is 0 Å². The lowest BCUT2D eigenvalue weighted by Crippen LogP contribution is -2.43. The Morgan fingerprint density at radius 1 is 0.522 bits per heavy atom. The van der Waals surface area contributed by atoms with E-state index in [2.05, 4.69) is 57.8 Å². The molecule has 1 N–H and O–H groups in total. The molecule has 21 heteroatoms. The molecule has 0 aliphatic rings. The Bertz CT molecular complexity index is 2370. The highest BCUT2D eigenvalue weighted by Gasteiger charge is 2.33. The van der Waals surface area contributed by atoms with E-state index in [1.807, 2.05) is 32.2 Å². The maximum atomic E-state index is 12.8. The van der Waals surface area contributed by atoms with E-state index in [1.165, 1.54) is 22.7 Å². The number of rotatable bonds is 5. The first-order valence-electron chi connectivity index (χ1n) is 20.8. The number of halogens is 3. The predicted octanol–water partition coefficient (Wildman–Crippen LogP) is 14.0. The number of amides is 4. The number of nitrogens with zero attached hydrogens (tertiary/aromatic N) is 3. The van der Waals surface area contributed by atoms with Gasteiger partial charge in [0.05, 0.1) is 49.5 Å². The van der Waals surface area contributed by atoms with Gasteiger partial charge in [0.1, 0.15) is 33.6 Å². The fourth-order valence-electron chi connectivity index (χ4n) is 4.84. The molecule has 67 heavy (non-hydrogen) atoms. The number of pyridine rings is 2. The first-order chi connectivity index (χ1) is 30.2. The van der Waals surface area contributed by atoms with Crippen molar-refractivity contribution >= 4 is 127 Å². The lowest BCUT2D eigenvalue weighted by atomic mass is 10.2. The van der Waals surface area contributed by atoms with E-state index in [9.17, 15) is 28.8 Å². The molecule has 4 rings (SSSR count). The highest BCUT2D eigenvalue weighted by molar-refractivity contribution is 9.11. The minimum absolute atomic E-state index is 0.206. The number of ether oxygens (including phenoxy) is 6. The van der Waals surface area contributed by atoms with Gasteiger partial charge in [0.25, 0.3) is 0 Å². The van der Waals surface area contributed by atoms with Gasteiger partial charge in [0, 0.05) is 25.0 Å². The zero-order valence-electron chi connectivity index (χ0n) is 41.4. The van der Waals surface area contributed by atoms with Crippen molar-refractivity contribution in [3.8, 4) is 0 Å². The van der Waals surface area contributed by atoms with Crippen molar-refractivity contribution < 1.29 is 57.2 Å². The molecule has 0 aromatic carbocycles. The molecule has 0 saturated carbocycles. The fraction of sp³-hybridized carbons (Fsp3) is 0.565. The van der Waals surface area contributed by atoms with Gasteiger partial charge in [-0.15, -0.1) is 22.7 Å². The standard InChI is InChI=1S/C23H31BrN2O6S.C13H13Br2NO2S.C10H19NO4/c1-21(2,3)30-18(27)14-12-33-17-15(24)10-13(25-16(14)17)11-26(19(28)31-22(4,5)6)20(29)32-23(7,8)9;1-13(2,3)18-12(17)8-6-19-11-9(15)4-7(5-14)16-10(8)11;1-9(2,3)14-7(12)11-8(13)15-10(4,5)6/h10,12H,11H2,1-9H3;4,6H,5H2,1-3H3;1-6H3,(H,11,12,13). The number of nitrogens with one attached hydrogen (secondary N) is 1. The van der Waals surface area contributed by atoms with E-state index in [0.717, 1.165) is 24.5 Å². The Kier molecular flexibility index (Phi) is 20.4. The molecular weight excluding hydrogens is 1100 g/mol. The molecule has 0 atom stereocenters. The molecule has 0 unspecified atom stereocenters. The van der Waals surface area contributed by atoms with Gasteiger partial charge in [-0.1, -0.05) is 15.9 Å². The molecule has 16 nitrogen and oxygen atoms in total. The SMILES string of the molecule is CC(C)(C)OC(=O)NC(=O)OC(C)(C)C.CC(C)(C)OC(=O)c1csc2c(Br)cc(CBr)nc12.CC(C)(C)OC(=O)c1csc2c(Br)cc(CN(C(=O)OC(C)(C)C)C(=O)OC(C)(C)C)nc12. The van der Waals surface area contributed by atoms with Crippen LogP contribution in [0, 0.1) is 0 Å². The van der Waals surface area contributed by atoms with Crippen LogP contribution in [-0.4, -0.2) is 84.8 Å². The molecule has 0 saturated heterocycles. The topological polar surface area (TPSA) is 199 Å². The number of carbonyl (C=O) groups excluding carboxylic acids is 6. The Balaban J connectivity index is 0.000000382. The number of alkyl carbamates (subject to hydrolysis) is 2. The molecule has 0 radical (unpaired) electrons. The number of carbonyl (C=O) groups is 6. The number of fused-ring (bicyclic) bond motifs is 2. The molecule has 4 aromatic rings. The monoisotopic (exact) mass is 1160 g/mol. The summed E-state index contributed by atoms with van der Waals surface area (Å²) in [5.41, 5.74) is -0.851. The lowest BCUT2D eigenvalue weighted by Gasteiger charge is -2.28. The van der Waals surface area contributed by atoms with Crippen LogP contribution in [0.5, 0.6) is 0 Å². The zero-order valence-corrected chi connectivity index (χ0v) is 47.8. The third kappa shape index (κ3) is 21.5. The first-order valence-corrected chi connectivity index (χ1v) is 25.3. The summed E-state index contributed by atoms with van der Waals surface area (Å²) in [5.74, 6) is -0.827. The van der Waals surface area contributed by atoms with Gasteiger partial charge in [-0.25, -0.2) is 44.0 Å². The number of thiophene rings is 2. The van der Waals surface area contributed by atoms with E-state index in [1.54, 1.807) is 121 Å². The van der Waals surface area contributed by atoms with Crippen molar-refractivity contribution in [2.75, 3.05) is 0 Å². The van der Waals surface area contributed by atoms with Crippen LogP contribution in [0.1, 0.15) is 157 Å². The van der Waals surface area contributed by atoms with Crippen molar-refractivity contribution in [1.29, 1.82) is 0 Å². The second-order valence-electron chi connectivity index (χ2n) is 20.7. The van der Waals surface area contributed by atoms with E-state index < -0.39 is 63.9 Å². The Morgan fingerprint density at radius 3 is 1.15 bits per heavy atom. The van der Waals surface area contributed by atoms with Gasteiger partial charge in [-0.3, -0.25) is 4.98 Å². The smallest absolute Gasteiger partial charge is 0.420 e.